The predicted molar refractivity (Wildman–Crippen MR) is 56.9 cm³/mol. The molecule has 0 radical (unpaired) electrons. The van der Waals surface area contributed by atoms with Gasteiger partial charge in [-0.1, -0.05) is 26.7 Å². The zero-order valence-electron chi connectivity index (χ0n) is 9.38. The van der Waals surface area contributed by atoms with Crippen molar-refractivity contribution in [2.45, 2.75) is 64.1 Å². The first-order valence-electron chi connectivity index (χ1n) is 5.81. The summed E-state index contributed by atoms with van der Waals surface area (Å²) >= 11 is 0. The van der Waals surface area contributed by atoms with E-state index in [-0.39, 0.29) is 0 Å². The fraction of sp³-hybridized carbons (Fsp3) is 1.00. The van der Waals surface area contributed by atoms with Crippen LogP contribution in [0.15, 0.2) is 0 Å². The predicted octanol–water partition coefficient (Wildman–Crippen LogP) is 2.00. The Morgan fingerprint density at radius 2 is 1.86 bits per heavy atom. The summed E-state index contributed by atoms with van der Waals surface area (Å²) in [5, 5.41) is 9.96. The Bertz CT molecular complexity index is 151. The molecule has 14 heavy (non-hydrogen) atoms. The average molecular weight is 201 g/mol. The molecule has 0 spiro atoms. The Balaban J connectivity index is 2.12. The van der Waals surface area contributed by atoms with Crippen LogP contribution in [-0.4, -0.2) is 23.4 Å². The first-order valence-corrected chi connectivity index (χ1v) is 5.81. The van der Waals surface area contributed by atoms with E-state index in [0.29, 0.717) is 12.6 Å². The van der Waals surface area contributed by atoms with E-state index in [1.54, 1.807) is 0 Å². The van der Waals surface area contributed by atoms with Crippen LogP contribution in [0.2, 0.25) is 0 Å². The lowest BCUT2D eigenvalue weighted by Gasteiger charge is -2.26. The van der Waals surface area contributed by atoms with Crippen LogP contribution in [0.25, 0.3) is 0 Å². The van der Waals surface area contributed by atoms with E-state index in [2.05, 4.69) is 5.48 Å². The minimum atomic E-state index is -0.599. The molecule has 3 nitrogen and oxygen atoms in total. The Labute approximate surface area is 86.8 Å². The largest absolute Gasteiger partial charge is 0.388 e. The molecule has 1 aliphatic carbocycles. The molecule has 0 atom stereocenters. The molecule has 84 valence electrons. The van der Waals surface area contributed by atoms with Gasteiger partial charge in [-0.15, -0.1) is 0 Å². The van der Waals surface area contributed by atoms with E-state index < -0.39 is 5.60 Å². The topological polar surface area (TPSA) is 41.5 Å². The van der Waals surface area contributed by atoms with E-state index in [9.17, 15) is 5.11 Å². The number of hydrogen-bond donors (Lipinski definition) is 2. The van der Waals surface area contributed by atoms with Gasteiger partial charge in [0.15, 0.2) is 0 Å². The van der Waals surface area contributed by atoms with Gasteiger partial charge in [0.1, 0.15) is 0 Å². The van der Waals surface area contributed by atoms with Crippen molar-refractivity contribution in [3.8, 4) is 0 Å². The smallest absolute Gasteiger partial charge is 0.0790 e. The highest BCUT2D eigenvalue weighted by atomic mass is 16.7. The molecule has 0 unspecified atom stereocenters. The SMILES string of the molecule is CCC(O)(CC)CNOC1CCCC1. The molecule has 0 aliphatic heterocycles. The molecule has 0 bridgehead atoms. The second-order valence-electron chi connectivity index (χ2n) is 4.28. The summed E-state index contributed by atoms with van der Waals surface area (Å²) in [6, 6.07) is 0. The maximum atomic E-state index is 9.96. The van der Waals surface area contributed by atoms with Crippen LogP contribution in [0.3, 0.4) is 0 Å². The molecule has 2 N–H and O–H groups in total. The summed E-state index contributed by atoms with van der Waals surface area (Å²) < 4.78 is 0. The minimum Gasteiger partial charge on any atom is -0.388 e. The Morgan fingerprint density at radius 3 is 2.36 bits per heavy atom. The number of nitrogens with one attached hydrogen (secondary N) is 1. The highest BCUT2D eigenvalue weighted by molar-refractivity contribution is 4.76. The van der Waals surface area contributed by atoms with E-state index in [0.717, 1.165) is 25.7 Å². The van der Waals surface area contributed by atoms with E-state index in [1.807, 2.05) is 13.8 Å². The summed E-state index contributed by atoms with van der Waals surface area (Å²) in [4.78, 5) is 5.49. The fourth-order valence-electron chi connectivity index (χ4n) is 1.80. The van der Waals surface area contributed by atoms with Gasteiger partial charge < -0.3 is 5.11 Å². The quantitative estimate of drug-likeness (QED) is 0.646. The van der Waals surface area contributed by atoms with Gasteiger partial charge in [0.05, 0.1) is 11.7 Å². The molecule has 0 saturated heterocycles. The molecule has 0 aromatic heterocycles. The van der Waals surface area contributed by atoms with Gasteiger partial charge in [-0.25, -0.2) is 0 Å². The standard InChI is InChI=1S/C11H23NO2/c1-3-11(13,4-2)9-12-14-10-7-5-6-8-10/h10,12-13H,3-9H2,1-2H3. The minimum absolute atomic E-state index is 0.368. The van der Waals surface area contributed by atoms with Crippen LogP contribution in [-0.2, 0) is 4.84 Å². The fourth-order valence-corrected chi connectivity index (χ4v) is 1.80. The summed E-state index contributed by atoms with van der Waals surface area (Å²) in [7, 11) is 0. The van der Waals surface area contributed by atoms with Gasteiger partial charge in [0.25, 0.3) is 0 Å². The highest BCUT2D eigenvalue weighted by Crippen LogP contribution is 2.20. The van der Waals surface area contributed by atoms with Crippen LogP contribution in [0, 0.1) is 0 Å². The van der Waals surface area contributed by atoms with Crippen molar-refractivity contribution in [2.24, 2.45) is 0 Å². The number of rotatable bonds is 6. The van der Waals surface area contributed by atoms with Gasteiger partial charge in [-0.05, 0) is 25.7 Å². The molecule has 0 amide bonds. The van der Waals surface area contributed by atoms with Crippen molar-refractivity contribution >= 4 is 0 Å². The molecule has 1 saturated carbocycles. The Morgan fingerprint density at radius 1 is 1.29 bits per heavy atom. The zero-order valence-corrected chi connectivity index (χ0v) is 9.38. The summed E-state index contributed by atoms with van der Waals surface area (Å²) in [6.45, 7) is 4.54. The molecular weight excluding hydrogens is 178 g/mol. The molecule has 1 fully saturated rings. The van der Waals surface area contributed by atoms with Crippen molar-refractivity contribution in [3.05, 3.63) is 0 Å². The monoisotopic (exact) mass is 201 g/mol. The first-order chi connectivity index (χ1) is 6.70. The summed E-state index contributed by atoms with van der Waals surface area (Å²) in [5.74, 6) is 0. The van der Waals surface area contributed by atoms with Gasteiger partial charge in [0, 0.05) is 6.54 Å². The number of hydrogen-bond acceptors (Lipinski definition) is 3. The van der Waals surface area contributed by atoms with Crippen LogP contribution in [0.5, 0.6) is 0 Å². The van der Waals surface area contributed by atoms with E-state index >= 15 is 0 Å². The van der Waals surface area contributed by atoms with Crippen molar-refractivity contribution in [2.75, 3.05) is 6.54 Å². The lowest BCUT2D eigenvalue weighted by molar-refractivity contribution is -0.0669. The molecule has 0 heterocycles. The number of hydroxylamine groups is 1. The molecule has 1 aliphatic rings. The summed E-state index contributed by atoms with van der Waals surface area (Å²) in [5.41, 5.74) is 2.32. The van der Waals surface area contributed by atoms with Crippen LogP contribution in [0.4, 0.5) is 0 Å². The summed E-state index contributed by atoms with van der Waals surface area (Å²) in [6.07, 6.45) is 6.77. The molecule has 0 aromatic carbocycles. The van der Waals surface area contributed by atoms with Gasteiger partial charge >= 0.3 is 0 Å². The zero-order chi connectivity index (χ0) is 10.4. The lowest BCUT2D eigenvalue weighted by Crippen LogP contribution is -2.40. The van der Waals surface area contributed by atoms with Crippen molar-refractivity contribution in [1.29, 1.82) is 0 Å². The maximum absolute atomic E-state index is 9.96. The van der Waals surface area contributed by atoms with Crippen LogP contribution < -0.4 is 5.48 Å². The molecule has 0 aromatic rings. The molecular formula is C11H23NO2. The second kappa shape index (κ2) is 5.69. The maximum Gasteiger partial charge on any atom is 0.0790 e. The Kier molecular flexibility index (Phi) is 4.85. The third kappa shape index (κ3) is 3.56. The second-order valence-corrected chi connectivity index (χ2v) is 4.28. The average Bonchev–Trinajstić information content (AvgIpc) is 2.70. The lowest BCUT2D eigenvalue weighted by atomic mass is 9.98. The van der Waals surface area contributed by atoms with Crippen molar-refractivity contribution in [3.63, 3.8) is 0 Å². The van der Waals surface area contributed by atoms with Crippen LogP contribution in [0.1, 0.15) is 52.4 Å². The Hall–Kier alpha value is -0.120. The third-order valence-corrected chi connectivity index (χ3v) is 3.27. The number of aliphatic hydroxyl groups is 1. The van der Waals surface area contributed by atoms with Crippen molar-refractivity contribution in [1.82, 2.24) is 5.48 Å². The third-order valence-electron chi connectivity index (χ3n) is 3.27. The highest BCUT2D eigenvalue weighted by Gasteiger charge is 2.23. The molecule has 1 rings (SSSR count). The van der Waals surface area contributed by atoms with Gasteiger partial charge in [-0.2, -0.15) is 5.48 Å². The normalized spacial score (nSPS) is 19.1. The van der Waals surface area contributed by atoms with Crippen LogP contribution >= 0.6 is 0 Å². The van der Waals surface area contributed by atoms with Gasteiger partial charge in [-0.3, -0.25) is 4.84 Å². The van der Waals surface area contributed by atoms with Gasteiger partial charge in [0.2, 0.25) is 0 Å². The van der Waals surface area contributed by atoms with E-state index in [4.69, 9.17) is 4.84 Å². The first kappa shape index (κ1) is 12.0. The van der Waals surface area contributed by atoms with Crippen molar-refractivity contribution < 1.29 is 9.94 Å². The molecule has 3 heteroatoms. The van der Waals surface area contributed by atoms with E-state index in [1.165, 1.54) is 12.8 Å².